The minimum atomic E-state index is -0.603. The van der Waals surface area contributed by atoms with Gasteiger partial charge >= 0.3 is 0 Å². The van der Waals surface area contributed by atoms with E-state index < -0.39 is 10.8 Å². The lowest BCUT2D eigenvalue weighted by atomic mass is 10.1. The Kier molecular flexibility index (Phi) is 3.65. The summed E-state index contributed by atoms with van der Waals surface area (Å²) in [7, 11) is 0. The highest BCUT2D eigenvalue weighted by atomic mass is 16.6. The molecule has 0 aliphatic carbocycles. The quantitative estimate of drug-likeness (QED) is 0.494. The van der Waals surface area contributed by atoms with E-state index in [0.717, 1.165) is 0 Å². The van der Waals surface area contributed by atoms with Crippen LogP contribution in [0.15, 0.2) is 28.8 Å². The van der Waals surface area contributed by atoms with E-state index in [1.54, 1.807) is 13.0 Å². The summed E-state index contributed by atoms with van der Waals surface area (Å²) in [6.07, 6.45) is 0. The van der Waals surface area contributed by atoms with E-state index in [-0.39, 0.29) is 23.5 Å². The molecule has 1 amide bonds. The fourth-order valence-electron chi connectivity index (χ4n) is 1.63. The molecule has 20 heavy (non-hydrogen) atoms. The maximum atomic E-state index is 11.9. The molecule has 8 heteroatoms. The number of aryl methyl sites for hydroxylation is 1. The second-order valence-electron chi connectivity index (χ2n) is 4.15. The van der Waals surface area contributed by atoms with Crippen molar-refractivity contribution in [2.24, 2.45) is 0 Å². The molecule has 8 nitrogen and oxygen atoms in total. The zero-order valence-electron chi connectivity index (χ0n) is 10.6. The van der Waals surface area contributed by atoms with Crippen LogP contribution >= 0.6 is 0 Å². The van der Waals surface area contributed by atoms with E-state index >= 15 is 0 Å². The molecule has 0 saturated carbocycles. The molecule has 0 spiro atoms. The van der Waals surface area contributed by atoms with Gasteiger partial charge in [0.2, 0.25) is 0 Å². The molecule has 0 bridgehead atoms. The molecule has 0 aliphatic rings. The third-order valence-corrected chi connectivity index (χ3v) is 2.59. The minimum Gasteiger partial charge on any atom is -0.393 e. The maximum Gasteiger partial charge on any atom is 0.292 e. The van der Waals surface area contributed by atoms with Crippen molar-refractivity contribution in [2.45, 2.75) is 13.5 Å². The van der Waals surface area contributed by atoms with Crippen LogP contribution in [-0.4, -0.2) is 16.0 Å². The first-order valence-electron chi connectivity index (χ1n) is 5.71. The first-order valence-corrected chi connectivity index (χ1v) is 5.71. The van der Waals surface area contributed by atoms with Crippen LogP contribution in [0.1, 0.15) is 21.8 Å². The van der Waals surface area contributed by atoms with Gasteiger partial charge < -0.3 is 15.6 Å². The number of nitro groups is 1. The molecular formula is C12H12N4O4. The van der Waals surface area contributed by atoms with Gasteiger partial charge in [-0.05, 0) is 19.1 Å². The van der Waals surface area contributed by atoms with E-state index in [0.29, 0.717) is 11.5 Å². The summed E-state index contributed by atoms with van der Waals surface area (Å²) in [6, 6.07) is 5.50. The Balaban J connectivity index is 2.06. The van der Waals surface area contributed by atoms with Crippen LogP contribution in [0.5, 0.6) is 0 Å². The van der Waals surface area contributed by atoms with Crippen LogP contribution in [-0.2, 0) is 6.54 Å². The van der Waals surface area contributed by atoms with E-state index in [1.165, 1.54) is 18.2 Å². The Bertz CT molecular complexity index is 665. The summed E-state index contributed by atoms with van der Waals surface area (Å²) in [5.41, 5.74) is 6.19. The lowest BCUT2D eigenvalue weighted by Gasteiger charge is -2.04. The summed E-state index contributed by atoms with van der Waals surface area (Å²) in [4.78, 5) is 21.9. The highest BCUT2D eigenvalue weighted by Gasteiger charge is 2.14. The second-order valence-corrected chi connectivity index (χ2v) is 4.15. The number of rotatable bonds is 4. The molecule has 0 aliphatic heterocycles. The zero-order valence-corrected chi connectivity index (χ0v) is 10.6. The standard InChI is InChI=1S/C12H12N4O4/c1-7-4-9(20-15-7)6-14-12(17)8-2-3-11(16(18)19)10(13)5-8/h2-5H,6,13H2,1H3,(H,14,17). The van der Waals surface area contributed by atoms with Gasteiger partial charge in [0.15, 0.2) is 5.76 Å². The number of carbonyl (C=O) groups excluding carboxylic acids is 1. The number of nitro benzene ring substituents is 1. The second kappa shape index (κ2) is 5.39. The van der Waals surface area contributed by atoms with Crippen LogP contribution in [0, 0.1) is 17.0 Å². The van der Waals surface area contributed by atoms with Crippen molar-refractivity contribution < 1.29 is 14.2 Å². The molecular weight excluding hydrogens is 264 g/mol. The van der Waals surface area contributed by atoms with E-state index in [2.05, 4.69) is 10.5 Å². The van der Waals surface area contributed by atoms with Crippen molar-refractivity contribution in [3.8, 4) is 0 Å². The van der Waals surface area contributed by atoms with Crippen LogP contribution < -0.4 is 11.1 Å². The number of nitrogen functional groups attached to an aromatic ring is 1. The van der Waals surface area contributed by atoms with Crippen molar-refractivity contribution in [3.63, 3.8) is 0 Å². The van der Waals surface area contributed by atoms with E-state index in [9.17, 15) is 14.9 Å². The van der Waals surface area contributed by atoms with Crippen molar-refractivity contribution in [1.82, 2.24) is 10.5 Å². The third kappa shape index (κ3) is 2.91. The Hall–Kier alpha value is -2.90. The summed E-state index contributed by atoms with van der Waals surface area (Å²) in [5, 5.41) is 16.9. The van der Waals surface area contributed by atoms with Gasteiger partial charge in [-0.2, -0.15) is 0 Å². The monoisotopic (exact) mass is 276 g/mol. The SMILES string of the molecule is Cc1cc(CNC(=O)c2ccc([N+](=O)[O-])c(N)c2)on1. The summed E-state index contributed by atoms with van der Waals surface area (Å²) >= 11 is 0. The van der Waals surface area contributed by atoms with E-state index in [4.69, 9.17) is 10.3 Å². The predicted molar refractivity (Wildman–Crippen MR) is 69.9 cm³/mol. The number of carbonyl (C=O) groups is 1. The molecule has 0 radical (unpaired) electrons. The number of amides is 1. The highest BCUT2D eigenvalue weighted by Crippen LogP contribution is 2.21. The molecule has 1 aromatic heterocycles. The van der Waals surface area contributed by atoms with Gasteiger partial charge in [-0.1, -0.05) is 5.16 Å². The number of nitrogens with zero attached hydrogens (tertiary/aromatic N) is 2. The molecule has 104 valence electrons. The Morgan fingerprint density at radius 3 is 2.80 bits per heavy atom. The van der Waals surface area contributed by atoms with Gasteiger partial charge in [0.1, 0.15) is 5.69 Å². The molecule has 2 rings (SSSR count). The molecule has 1 aromatic carbocycles. The van der Waals surface area contributed by atoms with Crippen LogP contribution in [0.3, 0.4) is 0 Å². The number of benzene rings is 1. The Morgan fingerprint density at radius 1 is 1.50 bits per heavy atom. The largest absolute Gasteiger partial charge is 0.393 e. The van der Waals surface area contributed by atoms with Crippen LogP contribution in [0.25, 0.3) is 0 Å². The summed E-state index contributed by atoms with van der Waals surface area (Å²) < 4.78 is 4.95. The third-order valence-electron chi connectivity index (χ3n) is 2.59. The molecule has 2 aromatic rings. The molecule has 0 saturated heterocycles. The van der Waals surface area contributed by atoms with Gasteiger partial charge in [0.05, 0.1) is 17.2 Å². The number of nitrogens with two attached hydrogens (primary N) is 1. The van der Waals surface area contributed by atoms with Crippen molar-refractivity contribution in [3.05, 3.63) is 51.4 Å². The zero-order chi connectivity index (χ0) is 14.7. The van der Waals surface area contributed by atoms with Crippen molar-refractivity contribution in [2.75, 3.05) is 5.73 Å². The number of anilines is 1. The van der Waals surface area contributed by atoms with Gasteiger partial charge in [-0.25, -0.2) is 0 Å². The average molecular weight is 276 g/mol. The average Bonchev–Trinajstić information content (AvgIpc) is 2.81. The van der Waals surface area contributed by atoms with Crippen LogP contribution in [0.2, 0.25) is 0 Å². The van der Waals surface area contributed by atoms with E-state index in [1.807, 2.05) is 0 Å². The first kappa shape index (κ1) is 13.5. The lowest BCUT2D eigenvalue weighted by molar-refractivity contribution is -0.383. The number of nitrogens with one attached hydrogen (secondary N) is 1. The predicted octanol–water partition coefficient (Wildman–Crippen LogP) is 1.40. The van der Waals surface area contributed by atoms with Crippen molar-refractivity contribution in [1.29, 1.82) is 0 Å². The molecule has 0 fully saturated rings. The number of hydrogen-bond acceptors (Lipinski definition) is 6. The summed E-state index contributed by atoms with van der Waals surface area (Å²) in [6.45, 7) is 1.95. The fraction of sp³-hybridized carbons (Fsp3) is 0.167. The molecule has 3 N–H and O–H groups in total. The Labute approximate surface area is 113 Å². The normalized spacial score (nSPS) is 10.2. The van der Waals surface area contributed by atoms with Gasteiger partial charge in [0, 0.05) is 17.7 Å². The number of hydrogen-bond donors (Lipinski definition) is 2. The van der Waals surface area contributed by atoms with Gasteiger partial charge in [0.25, 0.3) is 11.6 Å². The van der Waals surface area contributed by atoms with Crippen molar-refractivity contribution >= 4 is 17.3 Å². The Morgan fingerprint density at radius 2 is 2.25 bits per heavy atom. The fourth-order valence-corrected chi connectivity index (χ4v) is 1.63. The summed E-state index contributed by atoms with van der Waals surface area (Å²) in [5.74, 6) is 0.117. The van der Waals surface area contributed by atoms with Crippen LogP contribution in [0.4, 0.5) is 11.4 Å². The number of aromatic nitrogens is 1. The maximum absolute atomic E-state index is 11.9. The minimum absolute atomic E-state index is 0.0573. The van der Waals surface area contributed by atoms with Gasteiger partial charge in [-0.15, -0.1) is 0 Å². The molecule has 0 atom stereocenters. The highest BCUT2D eigenvalue weighted by molar-refractivity contribution is 5.95. The molecule has 1 heterocycles. The van der Waals surface area contributed by atoms with Gasteiger partial charge in [-0.3, -0.25) is 14.9 Å². The smallest absolute Gasteiger partial charge is 0.292 e. The molecule has 0 unspecified atom stereocenters. The topological polar surface area (TPSA) is 124 Å². The first-order chi connectivity index (χ1) is 9.47. The lowest BCUT2D eigenvalue weighted by Crippen LogP contribution is -2.22.